The average Bonchev–Trinajstić information content (AvgIpc) is 2.93. The molecule has 1 fully saturated rings. The second-order valence-corrected chi connectivity index (χ2v) is 7.72. The lowest BCUT2D eigenvalue weighted by Gasteiger charge is -2.25. The Morgan fingerprint density at radius 3 is 2.60 bits per heavy atom. The molecule has 3 N–H and O–H groups in total. The van der Waals surface area contributed by atoms with Crippen molar-refractivity contribution in [1.82, 2.24) is 4.98 Å². The van der Waals surface area contributed by atoms with Crippen molar-refractivity contribution in [2.24, 2.45) is 11.7 Å². The summed E-state index contributed by atoms with van der Waals surface area (Å²) in [5.74, 6) is -4.50. The molecule has 1 aromatic carbocycles. The maximum Gasteiger partial charge on any atom is 0.267 e. The summed E-state index contributed by atoms with van der Waals surface area (Å²) in [4.78, 5) is 28.2. The number of benzene rings is 1. The number of carbonyl (C=O) groups is 2. The van der Waals surface area contributed by atoms with Gasteiger partial charge in [0.15, 0.2) is 11.6 Å². The van der Waals surface area contributed by atoms with Gasteiger partial charge in [0, 0.05) is 23.4 Å². The minimum atomic E-state index is -1.12. The Labute approximate surface area is 172 Å². The Morgan fingerprint density at radius 1 is 1.27 bits per heavy atom. The van der Waals surface area contributed by atoms with Crippen LogP contribution in [0.15, 0.2) is 30.5 Å². The van der Waals surface area contributed by atoms with Crippen molar-refractivity contribution in [3.8, 4) is 5.75 Å². The Morgan fingerprint density at radius 2 is 1.97 bits per heavy atom. The van der Waals surface area contributed by atoms with Gasteiger partial charge in [-0.25, -0.2) is 4.39 Å². The molecule has 3 atom stereocenters. The molecule has 1 aromatic heterocycles. The summed E-state index contributed by atoms with van der Waals surface area (Å²) in [5.41, 5.74) is 5.14. The molecular weight excluding hydrogens is 396 g/mol. The molecule has 160 valence electrons. The first kappa shape index (κ1) is 21.6. The van der Waals surface area contributed by atoms with E-state index in [2.05, 4.69) is 10.3 Å². The lowest BCUT2D eigenvalue weighted by molar-refractivity contribution is -0.131. The molecule has 0 bridgehead atoms. The number of nitrogens with two attached hydrogens (primary N) is 1. The van der Waals surface area contributed by atoms with Crippen molar-refractivity contribution in [3.63, 3.8) is 0 Å². The SMILES string of the molecule is COc1c([C@@H]2[C@H](C(=O)Nc3ccnc(C(N)=O)c3)OC(C)(C)[C@H]2C)ccc(F)c1F. The first-order valence-electron chi connectivity index (χ1n) is 9.33. The molecule has 1 aliphatic heterocycles. The Bertz CT molecular complexity index is 996. The fourth-order valence-electron chi connectivity index (χ4n) is 3.72. The zero-order valence-corrected chi connectivity index (χ0v) is 17.0. The zero-order chi connectivity index (χ0) is 22.2. The number of aromatic nitrogens is 1. The number of carbonyl (C=O) groups excluding carboxylic acids is 2. The van der Waals surface area contributed by atoms with Gasteiger partial charge in [-0.2, -0.15) is 4.39 Å². The van der Waals surface area contributed by atoms with Gasteiger partial charge in [0.05, 0.1) is 12.7 Å². The summed E-state index contributed by atoms with van der Waals surface area (Å²) in [6, 6.07) is 5.25. The second-order valence-electron chi connectivity index (χ2n) is 7.72. The van der Waals surface area contributed by atoms with E-state index < -0.39 is 41.1 Å². The molecule has 30 heavy (non-hydrogen) atoms. The average molecular weight is 419 g/mol. The predicted molar refractivity (Wildman–Crippen MR) is 105 cm³/mol. The van der Waals surface area contributed by atoms with Crippen molar-refractivity contribution >= 4 is 17.5 Å². The summed E-state index contributed by atoms with van der Waals surface area (Å²) in [5, 5.41) is 2.68. The Hall–Kier alpha value is -3.07. The molecule has 0 radical (unpaired) electrons. The van der Waals surface area contributed by atoms with Crippen LogP contribution in [0.2, 0.25) is 0 Å². The summed E-state index contributed by atoms with van der Waals surface area (Å²) >= 11 is 0. The van der Waals surface area contributed by atoms with E-state index in [1.54, 1.807) is 0 Å². The van der Waals surface area contributed by atoms with Gasteiger partial charge in [-0.3, -0.25) is 14.6 Å². The van der Waals surface area contributed by atoms with Crippen LogP contribution in [0, 0.1) is 17.6 Å². The fraction of sp³-hybridized carbons (Fsp3) is 0.381. The van der Waals surface area contributed by atoms with E-state index in [4.69, 9.17) is 15.2 Å². The molecule has 0 unspecified atom stereocenters. The van der Waals surface area contributed by atoms with Gasteiger partial charge in [-0.05, 0) is 38.0 Å². The number of halogens is 2. The first-order valence-corrected chi connectivity index (χ1v) is 9.33. The maximum absolute atomic E-state index is 14.3. The van der Waals surface area contributed by atoms with Crippen molar-refractivity contribution in [1.29, 1.82) is 0 Å². The highest BCUT2D eigenvalue weighted by molar-refractivity contribution is 5.97. The molecule has 3 rings (SSSR count). The number of ether oxygens (including phenoxy) is 2. The molecule has 2 heterocycles. The first-order chi connectivity index (χ1) is 14.1. The standard InChI is InChI=1S/C21H23F2N3O4/c1-10-15(12-5-6-13(22)16(23)17(12)29-4)18(30-21(10,2)3)20(28)26-11-7-8-25-14(9-11)19(24)27/h5-10,15,18H,1-4H3,(H2,24,27)(H,25,26,28)/t10-,15+,18+/m0/s1. The minimum absolute atomic E-state index is 0.00679. The van der Waals surface area contributed by atoms with Gasteiger partial charge in [0.2, 0.25) is 5.82 Å². The van der Waals surface area contributed by atoms with E-state index in [1.165, 1.54) is 31.5 Å². The highest BCUT2D eigenvalue weighted by atomic mass is 19.2. The van der Waals surface area contributed by atoms with Gasteiger partial charge < -0.3 is 20.5 Å². The molecule has 9 heteroatoms. The van der Waals surface area contributed by atoms with Crippen LogP contribution in [0.5, 0.6) is 5.75 Å². The van der Waals surface area contributed by atoms with Gasteiger partial charge in [0.25, 0.3) is 11.8 Å². The molecule has 1 aliphatic rings. The largest absolute Gasteiger partial charge is 0.493 e. The molecular formula is C21H23F2N3O4. The number of primary amides is 1. The van der Waals surface area contributed by atoms with Crippen LogP contribution in [0.4, 0.5) is 14.5 Å². The van der Waals surface area contributed by atoms with E-state index in [1.807, 2.05) is 20.8 Å². The van der Waals surface area contributed by atoms with Crippen LogP contribution < -0.4 is 15.8 Å². The topological polar surface area (TPSA) is 104 Å². The Kier molecular flexibility index (Phi) is 5.76. The number of hydrogen-bond donors (Lipinski definition) is 2. The van der Waals surface area contributed by atoms with Gasteiger partial charge in [0.1, 0.15) is 11.8 Å². The molecule has 1 saturated heterocycles. The van der Waals surface area contributed by atoms with E-state index >= 15 is 0 Å². The predicted octanol–water partition coefficient (Wildman–Crippen LogP) is 3.00. The normalized spacial score (nSPS) is 22.5. The maximum atomic E-state index is 14.3. The Balaban J connectivity index is 1.98. The number of amides is 2. The lowest BCUT2D eigenvalue weighted by atomic mass is 9.78. The number of rotatable bonds is 5. The quantitative estimate of drug-likeness (QED) is 0.776. The minimum Gasteiger partial charge on any atom is -0.493 e. The van der Waals surface area contributed by atoms with E-state index in [0.29, 0.717) is 11.3 Å². The van der Waals surface area contributed by atoms with E-state index in [9.17, 15) is 18.4 Å². The van der Waals surface area contributed by atoms with Crippen molar-refractivity contribution in [3.05, 3.63) is 53.4 Å². The summed E-state index contributed by atoms with van der Waals surface area (Å²) in [6.45, 7) is 5.51. The van der Waals surface area contributed by atoms with Gasteiger partial charge >= 0.3 is 0 Å². The number of anilines is 1. The third-order valence-corrected chi connectivity index (χ3v) is 5.57. The van der Waals surface area contributed by atoms with Crippen LogP contribution in [0.3, 0.4) is 0 Å². The summed E-state index contributed by atoms with van der Waals surface area (Å²) < 4.78 is 39.2. The van der Waals surface area contributed by atoms with Crippen molar-refractivity contribution in [2.75, 3.05) is 12.4 Å². The molecule has 2 amide bonds. The van der Waals surface area contributed by atoms with Crippen molar-refractivity contribution < 1.29 is 27.8 Å². The van der Waals surface area contributed by atoms with Crippen LogP contribution >= 0.6 is 0 Å². The third kappa shape index (κ3) is 3.85. The molecule has 2 aromatic rings. The van der Waals surface area contributed by atoms with E-state index in [0.717, 1.165) is 6.07 Å². The number of nitrogens with one attached hydrogen (secondary N) is 1. The van der Waals surface area contributed by atoms with Gasteiger partial charge in [-0.15, -0.1) is 0 Å². The van der Waals surface area contributed by atoms with Crippen LogP contribution in [-0.2, 0) is 9.53 Å². The zero-order valence-electron chi connectivity index (χ0n) is 17.0. The van der Waals surface area contributed by atoms with Crippen LogP contribution in [0.25, 0.3) is 0 Å². The smallest absolute Gasteiger partial charge is 0.267 e. The molecule has 0 saturated carbocycles. The van der Waals surface area contributed by atoms with Crippen molar-refractivity contribution in [2.45, 2.75) is 38.4 Å². The van der Waals surface area contributed by atoms with Crippen LogP contribution in [0.1, 0.15) is 42.7 Å². The molecule has 7 nitrogen and oxygen atoms in total. The third-order valence-electron chi connectivity index (χ3n) is 5.57. The number of nitrogens with zero attached hydrogens (tertiary/aromatic N) is 1. The number of hydrogen-bond acceptors (Lipinski definition) is 5. The highest BCUT2D eigenvalue weighted by Crippen LogP contribution is 2.49. The fourth-order valence-corrected chi connectivity index (χ4v) is 3.72. The lowest BCUT2D eigenvalue weighted by Crippen LogP contribution is -2.33. The molecule has 0 aliphatic carbocycles. The van der Waals surface area contributed by atoms with E-state index in [-0.39, 0.29) is 17.4 Å². The summed E-state index contributed by atoms with van der Waals surface area (Å²) in [6.07, 6.45) is 0.326. The molecule has 0 spiro atoms. The summed E-state index contributed by atoms with van der Waals surface area (Å²) in [7, 11) is 1.24. The number of pyridine rings is 1. The monoisotopic (exact) mass is 419 g/mol. The second kappa shape index (κ2) is 7.98. The number of methoxy groups -OCH3 is 1. The van der Waals surface area contributed by atoms with Gasteiger partial charge in [-0.1, -0.05) is 13.0 Å². The highest BCUT2D eigenvalue weighted by Gasteiger charge is 2.51. The van der Waals surface area contributed by atoms with Crippen LogP contribution in [-0.4, -0.2) is 35.6 Å².